The highest BCUT2D eigenvalue weighted by atomic mass is 15.1. The summed E-state index contributed by atoms with van der Waals surface area (Å²) in [4.78, 5) is 8.90. The topological polar surface area (TPSA) is 49.8 Å². The molecule has 0 unspecified atom stereocenters. The predicted octanol–water partition coefficient (Wildman–Crippen LogP) is 1.60. The van der Waals surface area contributed by atoms with Crippen LogP contribution in [0.5, 0.6) is 0 Å². The first-order chi connectivity index (χ1) is 6.96. The highest BCUT2D eigenvalue weighted by molar-refractivity contribution is 5.49. The van der Waals surface area contributed by atoms with Gasteiger partial charge in [-0.05, 0) is 27.7 Å². The van der Waals surface area contributed by atoms with E-state index in [1.165, 1.54) is 5.56 Å². The third-order valence-electron chi connectivity index (χ3n) is 2.29. The monoisotopic (exact) mass is 206 g/mol. The zero-order valence-corrected chi connectivity index (χ0v) is 9.81. The van der Waals surface area contributed by atoms with Crippen molar-refractivity contribution in [2.75, 3.05) is 5.32 Å². The molecule has 0 aliphatic carbocycles. The van der Waals surface area contributed by atoms with Gasteiger partial charge in [0.15, 0.2) is 0 Å². The molecule has 0 amide bonds. The van der Waals surface area contributed by atoms with E-state index in [4.69, 9.17) is 0 Å². The van der Waals surface area contributed by atoms with Gasteiger partial charge in [-0.2, -0.15) is 0 Å². The normalized spacial score (nSPS) is 15.2. The molecule has 82 valence electrons. The van der Waals surface area contributed by atoms with Crippen LogP contribution in [0.1, 0.15) is 37.9 Å². The average Bonchev–Trinajstić information content (AvgIpc) is 2.48. The molecule has 4 nitrogen and oxygen atoms in total. The molecule has 4 heteroatoms. The molecule has 15 heavy (non-hydrogen) atoms. The fraction of sp³-hybridized carbons (Fsp3) is 0.636. The zero-order valence-electron chi connectivity index (χ0n) is 9.81. The second-order valence-electron chi connectivity index (χ2n) is 5.02. The molecule has 1 aromatic heterocycles. The summed E-state index contributed by atoms with van der Waals surface area (Å²) in [6.07, 6.45) is 0. The lowest BCUT2D eigenvalue weighted by Gasteiger charge is -2.23. The van der Waals surface area contributed by atoms with Crippen molar-refractivity contribution in [3.8, 4) is 0 Å². The van der Waals surface area contributed by atoms with Gasteiger partial charge < -0.3 is 10.6 Å². The van der Waals surface area contributed by atoms with Gasteiger partial charge in [0.2, 0.25) is 0 Å². The van der Waals surface area contributed by atoms with Crippen molar-refractivity contribution < 1.29 is 0 Å². The Hall–Kier alpha value is -1.16. The standard InChI is InChI=1S/C11H18N4/c1-7-13-9-6-12-5-8(9)10(14-7)15-11(2,3)4/h12H,5-6H2,1-4H3,(H,13,14,15). The smallest absolute Gasteiger partial charge is 0.134 e. The van der Waals surface area contributed by atoms with Gasteiger partial charge in [0, 0.05) is 24.2 Å². The first kappa shape index (κ1) is 10.4. The first-order valence-electron chi connectivity index (χ1n) is 5.31. The van der Waals surface area contributed by atoms with Crippen LogP contribution in [0.4, 0.5) is 5.82 Å². The molecule has 0 spiro atoms. The largest absolute Gasteiger partial charge is 0.365 e. The summed E-state index contributed by atoms with van der Waals surface area (Å²) in [6.45, 7) is 10.1. The molecule has 2 heterocycles. The fourth-order valence-electron chi connectivity index (χ4n) is 1.75. The van der Waals surface area contributed by atoms with Crippen molar-refractivity contribution in [2.45, 2.75) is 46.3 Å². The molecule has 2 N–H and O–H groups in total. The van der Waals surface area contributed by atoms with Crippen LogP contribution >= 0.6 is 0 Å². The van der Waals surface area contributed by atoms with Crippen LogP contribution in [0.25, 0.3) is 0 Å². The van der Waals surface area contributed by atoms with E-state index in [-0.39, 0.29) is 5.54 Å². The molecular weight excluding hydrogens is 188 g/mol. The maximum atomic E-state index is 4.47. The van der Waals surface area contributed by atoms with E-state index in [1.54, 1.807) is 0 Å². The molecule has 0 atom stereocenters. The lowest BCUT2D eigenvalue weighted by atomic mass is 10.1. The molecule has 0 radical (unpaired) electrons. The van der Waals surface area contributed by atoms with Gasteiger partial charge >= 0.3 is 0 Å². The van der Waals surface area contributed by atoms with E-state index in [2.05, 4.69) is 41.4 Å². The zero-order chi connectivity index (χ0) is 11.1. The highest BCUT2D eigenvalue weighted by Gasteiger charge is 2.20. The van der Waals surface area contributed by atoms with Gasteiger partial charge in [-0.3, -0.25) is 0 Å². The van der Waals surface area contributed by atoms with Crippen LogP contribution in [-0.2, 0) is 13.1 Å². The van der Waals surface area contributed by atoms with Crippen molar-refractivity contribution in [3.63, 3.8) is 0 Å². The molecule has 1 aliphatic rings. The number of aromatic nitrogens is 2. The van der Waals surface area contributed by atoms with Gasteiger partial charge in [0.05, 0.1) is 5.69 Å². The summed E-state index contributed by atoms with van der Waals surface area (Å²) in [5.74, 6) is 1.82. The Balaban J connectivity index is 2.39. The quantitative estimate of drug-likeness (QED) is 0.732. The Labute approximate surface area is 90.5 Å². The minimum absolute atomic E-state index is 0.0388. The van der Waals surface area contributed by atoms with Crippen molar-refractivity contribution in [3.05, 3.63) is 17.1 Å². The molecular formula is C11H18N4. The van der Waals surface area contributed by atoms with Crippen molar-refractivity contribution >= 4 is 5.82 Å². The summed E-state index contributed by atoms with van der Waals surface area (Å²) < 4.78 is 0. The highest BCUT2D eigenvalue weighted by Crippen LogP contribution is 2.23. The Bertz CT molecular complexity index is 379. The van der Waals surface area contributed by atoms with Gasteiger partial charge in [-0.15, -0.1) is 0 Å². The summed E-state index contributed by atoms with van der Waals surface area (Å²) >= 11 is 0. The summed E-state index contributed by atoms with van der Waals surface area (Å²) in [5.41, 5.74) is 2.39. The maximum Gasteiger partial charge on any atom is 0.134 e. The average molecular weight is 206 g/mol. The summed E-state index contributed by atoms with van der Waals surface area (Å²) in [7, 11) is 0. The van der Waals surface area contributed by atoms with Gasteiger partial charge in [0.25, 0.3) is 0 Å². The Kier molecular flexibility index (Phi) is 2.38. The number of hydrogen-bond donors (Lipinski definition) is 2. The number of rotatable bonds is 1. The summed E-state index contributed by atoms with van der Waals surface area (Å²) in [5, 5.41) is 6.73. The van der Waals surface area contributed by atoms with Crippen LogP contribution in [0.3, 0.4) is 0 Å². The molecule has 0 saturated heterocycles. The van der Waals surface area contributed by atoms with Gasteiger partial charge in [0.1, 0.15) is 11.6 Å². The van der Waals surface area contributed by atoms with Crippen molar-refractivity contribution in [1.82, 2.24) is 15.3 Å². The number of hydrogen-bond acceptors (Lipinski definition) is 4. The van der Waals surface area contributed by atoms with E-state index >= 15 is 0 Å². The molecule has 1 aromatic rings. The third kappa shape index (κ3) is 2.26. The number of anilines is 1. The van der Waals surface area contributed by atoms with Crippen LogP contribution in [0.15, 0.2) is 0 Å². The van der Waals surface area contributed by atoms with Crippen LogP contribution < -0.4 is 10.6 Å². The van der Waals surface area contributed by atoms with E-state index < -0.39 is 0 Å². The second-order valence-corrected chi connectivity index (χ2v) is 5.02. The number of nitrogens with zero attached hydrogens (tertiary/aromatic N) is 2. The van der Waals surface area contributed by atoms with Crippen molar-refractivity contribution in [1.29, 1.82) is 0 Å². The molecule has 2 rings (SSSR count). The first-order valence-corrected chi connectivity index (χ1v) is 5.31. The SMILES string of the molecule is Cc1nc2c(c(NC(C)(C)C)n1)CNC2. The van der Waals surface area contributed by atoms with Crippen molar-refractivity contribution in [2.24, 2.45) is 0 Å². The molecule has 0 saturated carbocycles. The van der Waals surface area contributed by atoms with Gasteiger partial charge in [-0.25, -0.2) is 9.97 Å². The van der Waals surface area contributed by atoms with Crippen LogP contribution in [-0.4, -0.2) is 15.5 Å². The van der Waals surface area contributed by atoms with Crippen LogP contribution in [0, 0.1) is 6.92 Å². The molecule has 0 bridgehead atoms. The minimum Gasteiger partial charge on any atom is -0.365 e. The third-order valence-corrected chi connectivity index (χ3v) is 2.29. The number of aryl methyl sites for hydroxylation is 1. The summed E-state index contributed by atoms with van der Waals surface area (Å²) in [6, 6.07) is 0. The lowest BCUT2D eigenvalue weighted by molar-refractivity contribution is 0.627. The minimum atomic E-state index is 0.0388. The van der Waals surface area contributed by atoms with E-state index in [1.807, 2.05) is 6.92 Å². The Morgan fingerprint density at radius 1 is 1.20 bits per heavy atom. The lowest BCUT2D eigenvalue weighted by Crippen LogP contribution is -2.28. The van der Waals surface area contributed by atoms with Crippen LogP contribution in [0.2, 0.25) is 0 Å². The number of nitrogens with one attached hydrogen (secondary N) is 2. The Morgan fingerprint density at radius 3 is 2.60 bits per heavy atom. The van der Waals surface area contributed by atoms with E-state index in [0.29, 0.717) is 0 Å². The Morgan fingerprint density at radius 2 is 1.93 bits per heavy atom. The molecule has 1 aliphatic heterocycles. The fourth-order valence-corrected chi connectivity index (χ4v) is 1.75. The predicted molar refractivity (Wildman–Crippen MR) is 60.7 cm³/mol. The van der Waals surface area contributed by atoms with E-state index in [0.717, 1.165) is 30.4 Å². The van der Waals surface area contributed by atoms with Gasteiger partial charge in [-0.1, -0.05) is 0 Å². The molecule has 0 fully saturated rings. The molecule has 0 aromatic carbocycles. The van der Waals surface area contributed by atoms with E-state index in [9.17, 15) is 0 Å². The number of fused-ring (bicyclic) bond motifs is 1. The maximum absolute atomic E-state index is 4.47. The second kappa shape index (κ2) is 3.45.